The zero-order valence-corrected chi connectivity index (χ0v) is 18.1. The van der Waals surface area contributed by atoms with Crippen molar-refractivity contribution in [2.24, 2.45) is 5.92 Å². The van der Waals surface area contributed by atoms with Gasteiger partial charge in [0.15, 0.2) is 0 Å². The number of nitrogens with zero attached hydrogens (tertiary/aromatic N) is 2. The number of rotatable bonds is 4. The van der Waals surface area contributed by atoms with E-state index in [9.17, 15) is 14.4 Å². The zero-order valence-electron chi connectivity index (χ0n) is 18.1. The van der Waals surface area contributed by atoms with Crippen LogP contribution in [0.5, 0.6) is 0 Å². The van der Waals surface area contributed by atoms with Crippen LogP contribution < -0.4 is 10.2 Å². The van der Waals surface area contributed by atoms with Crippen LogP contribution in [-0.2, 0) is 14.4 Å². The molecule has 2 heterocycles. The Morgan fingerprint density at radius 1 is 1.00 bits per heavy atom. The number of imide groups is 1. The van der Waals surface area contributed by atoms with Gasteiger partial charge in [-0.25, -0.2) is 4.90 Å². The van der Waals surface area contributed by atoms with Crippen molar-refractivity contribution < 1.29 is 14.4 Å². The summed E-state index contributed by atoms with van der Waals surface area (Å²) in [7, 11) is 0. The Bertz CT molecular complexity index is 1050. The van der Waals surface area contributed by atoms with E-state index in [2.05, 4.69) is 17.1 Å². The molecule has 6 nitrogen and oxygen atoms in total. The van der Waals surface area contributed by atoms with E-state index >= 15 is 0 Å². The highest BCUT2D eigenvalue weighted by Gasteiger charge is 2.43. The van der Waals surface area contributed by atoms with Gasteiger partial charge in [-0.3, -0.25) is 14.4 Å². The lowest BCUT2D eigenvalue weighted by Crippen LogP contribution is -2.39. The van der Waals surface area contributed by atoms with Crippen LogP contribution in [0.2, 0.25) is 0 Å². The second-order valence-corrected chi connectivity index (χ2v) is 8.46. The molecule has 1 atom stereocenters. The first-order valence-corrected chi connectivity index (χ1v) is 10.7. The molecule has 2 aromatic carbocycles. The summed E-state index contributed by atoms with van der Waals surface area (Å²) in [6.07, 6.45) is 2.11. The molecule has 1 N–H and O–H groups in total. The number of aryl methyl sites for hydroxylation is 1. The molecule has 1 unspecified atom stereocenters. The highest BCUT2D eigenvalue weighted by Crippen LogP contribution is 2.36. The third-order valence-corrected chi connectivity index (χ3v) is 5.82. The van der Waals surface area contributed by atoms with Gasteiger partial charge in [0.25, 0.3) is 11.8 Å². The van der Waals surface area contributed by atoms with Crippen molar-refractivity contribution >= 4 is 34.7 Å². The van der Waals surface area contributed by atoms with Gasteiger partial charge < -0.3 is 10.2 Å². The lowest BCUT2D eigenvalue weighted by molar-refractivity contribution is -0.121. The van der Waals surface area contributed by atoms with Gasteiger partial charge in [0.1, 0.15) is 5.70 Å². The van der Waals surface area contributed by atoms with Gasteiger partial charge >= 0.3 is 0 Å². The molecule has 0 spiro atoms. The number of carbonyl (C=O) groups excluding carboxylic acids is 3. The number of amides is 3. The number of hydrogen-bond acceptors (Lipinski definition) is 4. The highest BCUT2D eigenvalue weighted by atomic mass is 16.2. The van der Waals surface area contributed by atoms with E-state index in [1.54, 1.807) is 24.3 Å². The summed E-state index contributed by atoms with van der Waals surface area (Å²) in [5, 5.41) is 2.74. The van der Waals surface area contributed by atoms with Crippen LogP contribution in [0.1, 0.15) is 37.8 Å². The molecular formula is C25H27N3O3. The summed E-state index contributed by atoms with van der Waals surface area (Å²) >= 11 is 0. The number of carbonyl (C=O) groups is 3. The summed E-state index contributed by atoms with van der Waals surface area (Å²) in [5.41, 5.74) is 3.87. The normalized spacial score (nSPS) is 19.3. The van der Waals surface area contributed by atoms with E-state index in [0.717, 1.165) is 31.5 Å². The van der Waals surface area contributed by atoms with E-state index in [1.165, 1.54) is 11.8 Å². The SMILES string of the molecule is CC(=O)Nc1ccc(C2=C(N3CCCC(C)C3)C(=O)N(c3ccc(C)cc3)C2=O)cc1. The standard InChI is InChI=1S/C25H27N3O3/c1-16-6-12-21(13-7-16)28-24(30)22(19-8-10-20(11-9-19)26-18(3)29)23(25(28)31)27-14-4-5-17(2)15-27/h6-13,17H,4-5,14-15H2,1-3H3,(H,26,29). The smallest absolute Gasteiger partial charge is 0.282 e. The molecule has 2 aromatic rings. The number of piperidine rings is 1. The largest absolute Gasteiger partial charge is 0.366 e. The zero-order chi connectivity index (χ0) is 22.1. The van der Waals surface area contributed by atoms with E-state index < -0.39 is 0 Å². The number of likely N-dealkylation sites (tertiary alicyclic amines) is 1. The molecule has 4 rings (SSSR count). The van der Waals surface area contributed by atoms with E-state index in [1.807, 2.05) is 31.2 Å². The average Bonchev–Trinajstić information content (AvgIpc) is 2.99. The predicted octanol–water partition coefficient (Wildman–Crippen LogP) is 3.97. The van der Waals surface area contributed by atoms with Gasteiger partial charge in [-0.15, -0.1) is 0 Å². The second-order valence-electron chi connectivity index (χ2n) is 8.46. The Labute approximate surface area is 182 Å². The van der Waals surface area contributed by atoms with Crippen molar-refractivity contribution in [3.63, 3.8) is 0 Å². The second kappa shape index (κ2) is 8.38. The van der Waals surface area contributed by atoms with Crippen molar-refractivity contribution in [1.29, 1.82) is 0 Å². The van der Waals surface area contributed by atoms with E-state index in [-0.39, 0.29) is 17.7 Å². The van der Waals surface area contributed by atoms with Crippen LogP contribution in [0.25, 0.3) is 5.57 Å². The fourth-order valence-electron chi connectivity index (χ4n) is 4.32. The van der Waals surface area contributed by atoms with Gasteiger partial charge in [0.2, 0.25) is 5.91 Å². The van der Waals surface area contributed by atoms with E-state index in [0.29, 0.717) is 34.1 Å². The van der Waals surface area contributed by atoms with E-state index in [4.69, 9.17) is 0 Å². The maximum atomic E-state index is 13.6. The van der Waals surface area contributed by atoms with Crippen LogP contribution in [0.15, 0.2) is 54.2 Å². The molecule has 0 aliphatic carbocycles. The minimum Gasteiger partial charge on any atom is -0.366 e. The van der Waals surface area contributed by atoms with Gasteiger partial charge in [-0.2, -0.15) is 0 Å². The van der Waals surface area contributed by atoms with Gasteiger partial charge in [-0.1, -0.05) is 36.8 Å². The maximum absolute atomic E-state index is 13.6. The summed E-state index contributed by atoms with van der Waals surface area (Å²) in [4.78, 5) is 41.8. The molecule has 0 bridgehead atoms. The lowest BCUT2D eigenvalue weighted by atomic mass is 9.97. The van der Waals surface area contributed by atoms with Gasteiger partial charge in [0.05, 0.1) is 11.3 Å². The number of benzene rings is 2. The highest BCUT2D eigenvalue weighted by molar-refractivity contribution is 6.45. The minimum atomic E-state index is -0.311. The third-order valence-electron chi connectivity index (χ3n) is 5.82. The van der Waals surface area contributed by atoms with Crippen LogP contribution >= 0.6 is 0 Å². The number of hydrogen-bond donors (Lipinski definition) is 1. The molecule has 160 valence electrons. The maximum Gasteiger partial charge on any atom is 0.282 e. The molecule has 1 fully saturated rings. The molecule has 0 aromatic heterocycles. The topological polar surface area (TPSA) is 69.7 Å². The number of anilines is 2. The van der Waals surface area contributed by atoms with Crippen molar-refractivity contribution in [1.82, 2.24) is 4.90 Å². The Kier molecular flexibility index (Phi) is 5.63. The fourth-order valence-corrected chi connectivity index (χ4v) is 4.32. The molecule has 3 amide bonds. The van der Waals surface area contributed by atoms with Gasteiger partial charge in [-0.05, 0) is 55.5 Å². The van der Waals surface area contributed by atoms with Gasteiger partial charge in [0, 0.05) is 25.7 Å². The molecule has 2 aliphatic rings. The molecule has 0 saturated carbocycles. The molecule has 0 radical (unpaired) electrons. The molecule has 1 saturated heterocycles. The van der Waals surface area contributed by atoms with Crippen molar-refractivity contribution in [2.75, 3.05) is 23.3 Å². The van der Waals surface area contributed by atoms with Crippen LogP contribution in [0.4, 0.5) is 11.4 Å². The fraction of sp³-hybridized carbons (Fsp3) is 0.320. The minimum absolute atomic E-state index is 0.160. The molecule has 6 heteroatoms. The Morgan fingerprint density at radius 2 is 1.68 bits per heavy atom. The summed E-state index contributed by atoms with van der Waals surface area (Å²) < 4.78 is 0. The van der Waals surface area contributed by atoms with Crippen LogP contribution in [-0.4, -0.2) is 35.7 Å². The van der Waals surface area contributed by atoms with Crippen molar-refractivity contribution in [3.05, 3.63) is 65.4 Å². The Hall–Kier alpha value is -3.41. The first-order chi connectivity index (χ1) is 14.8. The summed E-state index contributed by atoms with van der Waals surface area (Å²) in [6, 6.07) is 14.5. The Morgan fingerprint density at radius 3 is 2.29 bits per heavy atom. The van der Waals surface area contributed by atoms with Crippen LogP contribution in [0, 0.1) is 12.8 Å². The summed E-state index contributed by atoms with van der Waals surface area (Å²) in [5.74, 6) is -0.285. The predicted molar refractivity (Wildman–Crippen MR) is 121 cm³/mol. The average molecular weight is 418 g/mol. The molecule has 31 heavy (non-hydrogen) atoms. The summed E-state index contributed by atoms with van der Waals surface area (Å²) in [6.45, 7) is 7.11. The third kappa shape index (κ3) is 4.10. The monoisotopic (exact) mass is 417 g/mol. The first kappa shape index (κ1) is 20.8. The first-order valence-electron chi connectivity index (χ1n) is 10.7. The Balaban J connectivity index is 1.77. The molecular weight excluding hydrogens is 390 g/mol. The van der Waals surface area contributed by atoms with Crippen molar-refractivity contribution in [2.45, 2.75) is 33.6 Å². The quantitative estimate of drug-likeness (QED) is 0.765. The number of nitrogens with one attached hydrogen (secondary N) is 1. The van der Waals surface area contributed by atoms with Crippen LogP contribution in [0.3, 0.4) is 0 Å². The lowest BCUT2D eigenvalue weighted by Gasteiger charge is -2.33. The van der Waals surface area contributed by atoms with Crippen molar-refractivity contribution in [3.8, 4) is 0 Å². The molecule has 2 aliphatic heterocycles.